The van der Waals surface area contributed by atoms with E-state index in [4.69, 9.17) is 9.16 Å². The second-order valence-electron chi connectivity index (χ2n) is 14.5. The smallest absolute Gasteiger partial charge is 0.240 e. The second kappa shape index (κ2) is 16.0. The summed E-state index contributed by atoms with van der Waals surface area (Å²) in [6.45, 7) is 14.7. The van der Waals surface area contributed by atoms with Crippen molar-refractivity contribution in [1.82, 2.24) is 0 Å². The van der Waals surface area contributed by atoms with Crippen LogP contribution in [0.25, 0.3) is 5.57 Å². The minimum absolute atomic E-state index is 0.00642. The third-order valence-corrected chi connectivity index (χ3v) is 12.3. The molecule has 0 aliphatic heterocycles. The SMILES string of the molecule is CC(=CCOC(c1ccccc1)(c1ccccc1)c1ccccc1)c1c(CO[SiH](c2ccccc2)c2ccccc2)cc(C)c(C(C)(C)C)c1C. The number of allylic oxidation sites excluding steroid dienone is 1. The fraction of sp³-hybridized carbons (Fsp3) is 0.208. The van der Waals surface area contributed by atoms with Crippen LogP contribution < -0.4 is 10.4 Å². The van der Waals surface area contributed by atoms with Crippen molar-refractivity contribution < 1.29 is 9.16 Å². The van der Waals surface area contributed by atoms with Gasteiger partial charge in [-0.3, -0.25) is 0 Å². The van der Waals surface area contributed by atoms with Crippen molar-refractivity contribution >= 4 is 25.0 Å². The van der Waals surface area contributed by atoms with Crippen LogP contribution in [0.15, 0.2) is 164 Å². The lowest BCUT2D eigenvalue weighted by molar-refractivity contribution is 0.0321. The highest BCUT2D eigenvalue weighted by molar-refractivity contribution is 6.80. The van der Waals surface area contributed by atoms with Gasteiger partial charge in [0.05, 0.1) is 13.2 Å². The Hall–Kier alpha value is -4.80. The van der Waals surface area contributed by atoms with Crippen LogP contribution in [-0.4, -0.2) is 15.6 Å². The molecule has 0 aliphatic carbocycles. The summed E-state index contributed by atoms with van der Waals surface area (Å²) in [5.41, 5.74) is 10.2. The van der Waals surface area contributed by atoms with E-state index in [1.54, 1.807) is 0 Å². The summed E-state index contributed by atoms with van der Waals surface area (Å²) in [5.74, 6) is 0. The molecule has 0 heterocycles. The zero-order chi connectivity index (χ0) is 35.8. The molecule has 0 N–H and O–H groups in total. The maximum Gasteiger partial charge on any atom is 0.240 e. The predicted molar refractivity (Wildman–Crippen MR) is 218 cm³/mol. The highest BCUT2D eigenvalue weighted by Gasteiger charge is 2.37. The van der Waals surface area contributed by atoms with E-state index < -0.39 is 14.6 Å². The van der Waals surface area contributed by atoms with Gasteiger partial charge in [0, 0.05) is 0 Å². The maximum atomic E-state index is 7.19. The number of hydrogen-bond acceptors (Lipinski definition) is 2. The minimum Gasteiger partial charge on any atom is -0.407 e. The molecule has 3 heteroatoms. The molecule has 51 heavy (non-hydrogen) atoms. The summed E-state index contributed by atoms with van der Waals surface area (Å²) in [6, 6.07) is 55.6. The molecule has 2 nitrogen and oxygen atoms in total. The van der Waals surface area contributed by atoms with Crippen LogP contribution in [0.5, 0.6) is 0 Å². The van der Waals surface area contributed by atoms with Crippen molar-refractivity contribution in [3.63, 3.8) is 0 Å². The normalized spacial score (nSPS) is 12.3. The van der Waals surface area contributed by atoms with E-state index in [9.17, 15) is 0 Å². The van der Waals surface area contributed by atoms with Gasteiger partial charge >= 0.3 is 0 Å². The molecule has 0 saturated heterocycles. The highest BCUT2D eigenvalue weighted by atomic mass is 28.3. The van der Waals surface area contributed by atoms with Gasteiger partial charge in [-0.25, -0.2) is 0 Å². The van der Waals surface area contributed by atoms with Crippen molar-refractivity contribution in [3.8, 4) is 0 Å². The Morgan fingerprint density at radius 3 is 1.43 bits per heavy atom. The van der Waals surface area contributed by atoms with Crippen molar-refractivity contribution in [3.05, 3.63) is 208 Å². The number of benzene rings is 6. The number of aryl methyl sites for hydroxylation is 1. The van der Waals surface area contributed by atoms with E-state index in [2.05, 4.69) is 205 Å². The molecule has 0 amide bonds. The lowest BCUT2D eigenvalue weighted by Crippen LogP contribution is -2.44. The zero-order valence-electron chi connectivity index (χ0n) is 30.9. The van der Waals surface area contributed by atoms with Gasteiger partial charge < -0.3 is 9.16 Å². The van der Waals surface area contributed by atoms with E-state index in [0.29, 0.717) is 13.2 Å². The minimum atomic E-state index is -1.94. The van der Waals surface area contributed by atoms with Gasteiger partial charge in [0.2, 0.25) is 9.04 Å². The summed E-state index contributed by atoms with van der Waals surface area (Å²) in [7, 11) is -1.94. The number of ether oxygens (including phenoxy) is 1. The first-order valence-corrected chi connectivity index (χ1v) is 19.7. The van der Waals surface area contributed by atoms with Crippen LogP contribution in [0.3, 0.4) is 0 Å². The van der Waals surface area contributed by atoms with Crippen LogP contribution in [0, 0.1) is 13.8 Å². The second-order valence-corrected chi connectivity index (χ2v) is 16.9. The molecule has 0 bridgehead atoms. The lowest BCUT2D eigenvalue weighted by atomic mass is 9.77. The highest BCUT2D eigenvalue weighted by Crippen LogP contribution is 2.41. The molecule has 0 unspecified atom stereocenters. The van der Waals surface area contributed by atoms with Crippen molar-refractivity contribution in [1.29, 1.82) is 0 Å². The Balaban J connectivity index is 1.41. The molecule has 0 aliphatic rings. The summed E-state index contributed by atoms with van der Waals surface area (Å²) in [4.78, 5) is 0. The first-order valence-electron chi connectivity index (χ1n) is 18.0. The molecular weight excluding hydrogens is 637 g/mol. The molecule has 0 fully saturated rings. The molecule has 0 spiro atoms. The summed E-state index contributed by atoms with van der Waals surface area (Å²) in [6.07, 6.45) is 2.26. The van der Waals surface area contributed by atoms with E-state index in [1.165, 1.54) is 43.8 Å². The Labute approximate surface area is 307 Å². The van der Waals surface area contributed by atoms with Gasteiger partial charge in [-0.1, -0.05) is 185 Å². The molecule has 6 aromatic rings. The molecule has 6 aromatic carbocycles. The van der Waals surface area contributed by atoms with Crippen molar-refractivity contribution in [2.45, 2.75) is 59.2 Å². The van der Waals surface area contributed by atoms with E-state index in [-0.39, 0.29) is 5.41 Å². The van der Waals surface area contributed by atoms with Gasteiger partial charge in [0.15, 0.2) is 0 Å². The van der Waals surface area contributed by atoms with Crippen molar-refractivity contribution in [2.75, 3.05) is 6.61 Å². The standard InChI is InChI=1S/C48H50O2Si/c1-36(32-33-49-48(40-22-12-7-13-23-40,41-24-14-8-15-25-41)42-26-16-9-17-27-42)45-38(3)46(47(4,5)6)37(2)34-39(45)35-50-51(43-28-18-10-19-29-43)44-30-20-11-21-31-44/h7-32,34,51H,33,35H2,1-6H3. The Kier molecular flexibility index (Phi) is 11.3. The fourth-order valence-electron chi connectivity index (χ4n) is 7.86. The first-order chi connectivity index (χ1) is 24.7. The topological polar surface area (TPSA) is 18.5 Å². The van der Waals surface area contributed by atoms with Crippen LogP contribution in [0.4, 0.5) is 0 Å². The van der Waals surface area contributed by atoms with Gasteiger partial charge in [-0.15, -0.1) is 0 Å². The van der Waals surface area contributed by atoms with E-state index >= 15 is 0 Å². The molecule has 258 valence electrons. The van der Waals surface area contributed by atoms with Crippen LogP contribution in [0.1, 0.15) is 72.2 Å². The molecule has 0 aromatic heterocycles. The van der Waals surface area contributed by atoms with E-state index in [1.807, 2.05) is 0 Å². The van der Waals surface area contributed by atoms with Crippen LogP contribution in [-0.2, 0) is 26.8 Å². The van der Waals surface area contributed by atoms with Gasteiger partial charge in [0.1, 0.15) is 5.60 Å². The number of rotatable bonds is 12. The Morgan fingerprint density at radius 1 is 0.608 bits per heavy atom. The summed E-state index contributed by atoms with van der Waals surface area (Å²) < 4.78 is 14.2. The molecule has 0 saturated carbocycles. The molecular formula is C48H50O2Si. The summed E-state index contributed by atoms with van der Waals surface area (Å²) >= 11 is 0. The van der Waals surface area contributed by atoms with Gasteiger partial charge in [-0.05, 0) is 86.6 Å². The third-order valence-electron chi connectivity index (χ3n) is 9.84. The van der Waals surface area contributed by atoms with Crippen LogP contribution in [0.2, 0.25) is 0 Å². The van der Waals surface area contributed by atoms with Crippen molar-refractivity contribution in [2.24, 2.45) is 0 Å². The predicted octanol–water partition coefficient (Wildman–Crippen LogP) is 10.1. The average Bonchev–Trinajstić information content (AvgIpc) is 3.15. The fourth-order valence-corrected chi connectivity index (χ4v) is 10.1. The first kappa shape index (κ1) is 36.0. The van der Waals surface area contributed by atoms with Gasteiger partial charge in [-0.2, -0.15) is 0 Å². The average molecular weight is 687 g/mol. The largest absolute Gasteiger partial charge is 0.407 e. The Morgan fingerprint density at radius 2 is 1.02 bits per heavy atom. The Bertz CT molecular complexity index is 1900. The monoisotopic (exact) mass is 686 g/mol. The maximum absolute atomic E-state index is 7.19. The van der Waals surface area contributed by atoms with Gasteiger partial charge in [0.25, 0.3) is 0 Å². The molecule has 0 radical (unpaired) electrons. The third kappa shape index (κ3) is 7.92. The van der Waals surface area contributed by atoms with Crippen LogP contribution >= 0.6 is 0 Å². The quantitative estimate of drug-likeness (QED) is 0.0943. The lowest BCUT2D eigenvalue weighted by Gasteiger charge is -2.35. The van der Waals surface area contributed by atoms with E-state index in [0.717, 1.165) is 16.7 Å². The summed E-state index contributed by atoms with van der Waals surface area (Å²) in [5, 5.41) is 2.56. The zero-order valence-corrected chi connectivity index (χ0v) is 32.1. The molecule has 6 rings (SSSR count). The molecule has 0 atom stereocenters. The number of hydrogen-bond donors (Lipinski definition) is 0.